The van der Waals surface area contributed by atoms with Crippen LogP contribution < -0.4 is 10.2 Å². The maximum absolute atomic E-state index is 10.4. The molecule has 1 aromatic heterocycles. The summed E-state index contributed by atoms with van der Waals surface area (Å²) in [5.41, 5.74) is 4.98. The van der Waals surface area contributed by atoms with Crippen LogP contribution in [-0.2, 0) is 0 Å². The van der Waals surface area contributed by atoms with E-state index in [0.717, 1.165) is 32.7 Å². The summed E-state index contributed by atoms with van der Waals surface area (Å²) >= 11 is 3.48. The number of rotatable bonds is 1. The normalized spacial score (nSPS) is 16.3. The molecular formula is C18H16BrN3O. The molecule has 1 aliphatic heterocycles. The molecule has 0 bridgehead atoms. The van der Waals surface area contributed by atoms with Crippen LogP contribution in [0.5, 0.6) is 5.88 Å². The van der Waals surface area contributed by atoms with E-state index in [4.69, 9.17) is 0 Å². The highest BCUT2D eigenvalue weighted by Crippen LogP contribution is 2.46. The summed E-state index contributed by atoms with van der Waals surface area (Å²) in [6.45, 7) is 0. The van der Waals surface area contributed by atoms with Crippen molar-refractivity contribution in [1.29, 1.82) is 0 Å². The predicted octanol–water partition coefficient (Wildman–Crippen LogP) is 4.77. The van der Waals surface area contributed by atoms with Crippen LogP contribution in [0.15, 0.2) is 59.2 Å². The third-order valence-electron chi connectivity index (χ3n) is 4.30. The van der Waals surface area contributed by atoms with Crippen LogP contribution in [0.1, 0.15) is 17.2 Å². The van der Waals surface area contributed by atoms with E-state index in [9.17, 15) is 5.11 Å². The number of nitrogens with zero attached hydrogens (tertiary/aromatic N) is 1. The van der Waals surface area contributed by atoms with Crippen LogP contribution in [0, 0.1) is 0 Å². The number of para-hydroxylation sites is 2. The van der Waals surface area contributed by atoms with E-state index in [2.05, 4.69) is 56.4 Å². The van der Waals surface area contributed by atoms with Gasteiger partial charge in [0, 0.05) is 17.7 Å². The van der Waals surface area contributed by atoms with Gasteiger partial charge in [0.25, 0.3) is 0 Å². The molecule has 1 unspecified atom stereocenters. The number of anilines is 3. The number of nitrogens with one attached hydrogen (secondary N) is 2. The summed E-state index contributed by atoms with van der Waals surface area (Å²) in [6.07, 6.45) is 1.81. The molecule has 0 fully saturated rings. The molecule has 1 aliphatic rings. The number of hydrogen-bond donors (Lipinski definition) is 3. The summed E-state index contributed by atoms with van der Waals surface area (Å²) in [6, 6.07) is 16.3. The third-order valence-corrected chi connectivity index (χ3v) is 4.83. The summed E-state index contributed by atoms with van der Waals surface area (Å²) in [7, 11) is 2.05. The predicted molar refractivity (Wildman–Crippen MR) is 96.6 cm³/mol. The maximum atomic E-state index is 10.4. The second-order valence-corrected chi connectivity index (χ2v) is 6.59. The van der Waals surface area contributed by atoms with E-state index >= 15 is 0 Å². The van der Waals surface area contributed by atoms with Gasteiger partial charge in [-0.25, -0.2) is 0 Å². The zero-order valence-corrected chi connectivity index (χ0v) is 14.1. The maximum Gasteiger partial charge on any atom is 0.196 e. The molecule has 1 atom stereocenters. The third kappa shape index (κ3) is 2.28. The van der Waals surface area contributed by atoms with Gasteiger partial charge < -0.3 is 20.3 Å². The zero-order chi connectivity index (χ0) is 16.0. The Bertz CT molecular complexity index is 857. The van der Waals surface area contributed by atoms with Crippen LogP contribution in [0.3, 0.4) is 0 Å². The van der Waals surface area contributed by atoms with E-state index in [0.29, 0.717) is 0 Å². The highest BCUT2D eigenvalue weighted by atomic mass is 79.9. The number of fused-ring (bicyclic) bond motifs is 2. The fourth-order valence-electron chi connectivity index (χ4n) is 3.20. The lowest BCUT2D eigenvalue weighted by molar-refractivity contribution is 0.447. The first-order chi connectivity index (χ1) is 11.1. The Labute approximate surface area is 142 Å². The summed E-state index contributed by atoms with van der Waals surface area (Å²) in [5.74, 6) is 0.195. The largest absolute Gasteiger partial charge is 0.494 e. The van der Waals surface area contributed by atoms with Crippen molar-refractivity contribution >= 4 is 33.0 Å². The second kappa shape index (κ2) is 5.35. The number of aromatic hydroxyl groups is 1. The van der Waals surface area contributed by atoms with Gasteiger partial charge in [0.2, 0.25) is 0 Å². The minimum Gasteiger partial charge on any atom is -0.494 e. The van der Waals surface area contributed by atoms with E-state index in [-0.39, 0.29) is 11.9 Å². The van der Waals surface area contributed by atoms with E-state index in [1.165, 1.54) is 0 Å². The number of aromatic amines is 1. The van der Waals surface area contributed by atoms with Gasteiger partial charge in [-0.05, 0) is 29.8 Å². The Morgan fingerprint density at radius 2 is 1.78 bits per heavy atom. The van der Waals surface area contributed by atoms with Gasteiger partial charge in [0.1, 0.15) is 0 Å². The van der Waals surface area contributed by atoms with Gasteiger partial charge in [-0.15, -0.1) is 0 Å². The molecule has 2 aromatic carbocycles. The van der Waals surface area contributed by atoms with E-state index < -0.39 is 0 Å². The Kier molecular flexibility index (Phi) is 3.31. The topological polar surface area (TPSA) is 51.3 Å². The van der Waals surface area contributed by atoms with Crippen molar-refractivity contribution in [2.75, 3.05) is 17.3 Å². The molecule has 2 heterocycles. The quantitative estimate of drug-likeness (QED) is 0.579. The number of H-pyrrole nitrogens is 1. The van der Waals surface area contributed by atoms with Gasteiger partial charge in [0.05, 0.1) is 28.7 Å². The molecule has 23 heavy (non-hydrogen) atoms. The van der Waals surface area contributed by atoms with Crippen LogP contribution in [0.4, 0.5) is 17.1 Å². The summed E-state index contributed by atoms with van der Waals surface area (Å²) < 4.78 is 1.04. The first-order valence-corrected chi connectivity index (χ1v) is 8.19. The van der Waals surface area contributed by atoms with Gasteiger partial charge in [-0.2, -0.15) is 0 Å². The first-order valence-electron chi connectivity index (χ1n) is 7.40. The monoisotopic (exact) mass is 369 g/mol. The standard InChI is InChI=1S/C18H16BrN3O/c1-22-15-5-3-2-4-13(15)21-14-10-20-18(23)16(14)17(22)11-6-8-12(19)9-7-11/h2-10,17,20-21,23H,1H3. The summed E-state index contributed by atoms with van der Waals surface area (Å²) in [4.78, 5) is 5.11. The number of halogens is 1. The van der Waals surface area contributed by atoms with Crippen LogP contribution >= 0.6 is 15.9 Å². The number of aromatic nitrogens is 1. The molecule has 4 nitrogen and oxygen atoms in total. The molecule has 3 N–H and O–H groups in total. The molecule has 5 heteroatoms. The van der Waals surface area contributed by atoms with Crippen molar-refractivity contribution in [3.63, 3.8) is 0 Å². The Hall–Kier alpha value is -2.40. The van der Waals surface area contributed by atoms with Crippen LogP contribution in [0.25, 0.3) is 0 Å². The van der Waals surface area contributed by atoms with Crippen molar-refractivity contribution in [3.8, 4) is 5.88 Å². The molecule has 0 saturated carbocycles. The average Bonchev–Trinajstić information content (AvgIpc) is 2.85. The van der Waals surface area contributed by atoms with Crippen molar-refractivity contribution in [2.45, 2.75) is 6.04 Å². The van der Waals surface area contributed by atoms with Crippen molar-refractivity contribution in [3.05, 3.63) is 70.3 Å². The SMILES string of the molecule is CN1c2ccccc2Nc2c[nH]c(O)c2C1c1ccc(Br)cc1. The lowest BCUT2D eigenvalue weighted by Gasteiger charge is -2.29. The lowest BCUT2D eigenvalue weighted by atomic mass is 9.98. The zero-order valence-electron chi connectivity index (χ0n) is 12.5. The average molecular weight is 370 g/mol. The van der Waals surface area contributed by atoms with Gasteiger partial charge >= 0.3 is 0 Å². The van der Waals surface area contributed by atoms with E-state index in [1.54, 1.807) is 0 Å². The Morgan fingerprint density at radius 3 is 2.57 bits per heavy atom. The molecule has 0 amide bonds. The van der Waals surface area contributed by atoms with Gasteiger partial charge in [-0.3, -0.25) is 0 Å². The molecule has 0 spiro atoms. The van der Waals surface area contributed by atoms with E-state index in [1.807, 2.05) is 36.5 Å². The van der Waals surface area contributed by atoms with Crippen LogP contribution in [-0.4, -0.2) is 17.1 Å². The fourth-order valence-corrected chi connectivity index (χ4v) is 3.47. The van der Waals surface area contributed by atoms with Gasteiger partial charge in [0.15, 0.2) is 5.88 Å². The highest BCUT2D eigenvalue weighted by Gasteiger charge is 2.31. The fraction of sp³-hybridized carbons (Fsp3) is 0.111. The highest BCUT2D eigenvalue weighted by molar-refractivity contribution is 9.10. The molecule has 0 aliphatic carbocycles. The molecule has 0 radical (unpaired) electrons. The Morgan fingerprint density at radius 1 is 1.04 bits per heavy atom. The minimum atomic E-state index is -0.0829. The smallest absolute Gasteiger partial charge is 0.196 e. The molecule has 0 saturated heterocycles. The van der Waals surface area contributed by atoms with Gasteiger partial charge in [-0.1, -0.05) is 40.2 Å². The molecule has 3 aromatic rings. The van der Waals surface area contributed by atoms with Crippen molar-refractivity contribution < 1.29 is 5.11 Å². The lowest BCUT2D eigenvalue weighted by Crippen LogP contribution is -2.24. The van der Waals surface area contributed by atoms with Crippen molar-refractivity contribution in [1.82, 2.24) is 4.98 Å². The molecule has 116 valence electrons. The minimum absolute atomic E-state index is 0.0829. The molecule has 4 rings (SSSR count). The van der Waals surface area contributed by atoms with Crippen LogP contribution in [0.2, 0.25) is 0 Å². The number of benzene rings is 2. The first kappa shape index (κ1) is 14.2. The molecular weight excluding hydrogens is 354 g/mol. The Balaban J connectivity index is 1.95. The number of hydrogen-bond acceptors (Lipinski definition) is 3. The summed E-state index contributed by atoms with van der Waals surface area (Å²) in [5, 5.41) is 13.8. The van der Waals surface area contributed by atoms with Crippen molar-refractivity contribution in [2.24, 2.45) is 0 Å². The second-order valence-electron chi connectivity index (χ2n) is 5.67.